The van der Waals surface area contributed by atoms with Crippen LogP contribution in [0.1, 0.15) is 93.0 Å². The van der Waals surface area contributed by atoms with Gasteiger partial charge in [0.05, 0.1) is 22.8 Å². The summed E-state index contributed by atoms with van der Waals surface area (Å²) in [5, 5.41) is 16.3. The fourth-order valence-electron chi connectivity index (χ4n) is 3.69. The molecule has 1 heterocycles. The fraction of sp³-hybridized carbons (Fsp3) is 0.520. The quantitative estimate of drug-likeness (QED) is 0.173. The lowest BCUT2D eigenvalue weighted by molar-refractivity contribution is -0.385. The number of ketones is 1. The largest absolute Gasteiger partial charge is 0.477 e. The maximum atomic E-state index is 13.7. The molecule has 0 aliphatic heterocycles. The van der Waals surface area contributed by atoms with E-state index >= 15 is 0 Å². The third-order valence-electron chi connectivity index (χ3n) is 5.78. The average Bonchev–Trinajstić information content (AvgIpc) is 3.05. The van der Waals surface area contributed by atoms with Gasteiger partial charge in [-0.05, 0) is 64.7 Å². The molecular formula is C25H35N3O4. The zero-order valence-electron chi connectivity index (χ0n) is 20.4. The Morgan fingerprint density at radius 3 is 2.31 bits per heavy atom. The Kier molecular flexibility index (Phi) is 8.75. The van der Waals surface area contributed by atoms with E-state index in [0.29, 0.717) is 47.0 Å². The number of hydrogen-bond acceptors (Lipinski definition) is 5. The van der Waals surface area contributed by atoms with Crippen LogP contribution in [0.3, 0.4) is 0 Å². The van der Waals surface area contributed by atoms with E-state index in [4.69, 9.17) is 4.74 Å². The molecule has 0 atom stereocenters. The van der Waals surface area contributed by atoms with Gasteiger partial charge in [-0.1, -0.05) is 32.3 Å². The molecule has 2 aromatic rings. The van der Waals surface area contributed by atoms with Crippen molar-refractivity contribution in [1.29, 1.82) is 0 Å². The molecule has 0 saturated carbocycles. The molecule has 0 fully saturated rings. The molecular weight excluding hydrogens is 406 g/mol. The monoisotopic (exact) mass is 441 g/mol. The molecule has 0 amide bonds. The molecule has 0 aliphatic carbocycles. The maximum absolute atomic E-state index is 13.7. The zero-order chi connectivity index (χ0) is 24.0. The highest BCUT2D eigenvalue weighted by Gasteiger charge is 2.28. The summed E-state index contributed by atoms with van der Waals surface area (Å²) in [6.07, 6.45) is 3.80. The fourth-order valence-corrected chi connectivity index (χ4v) is 3.69. The molecule has 0 saturated heterocycles. The summed E-state index contributed by atoms with van der Waals surface area (Å²) in [6, 6.07) is 2.98. The van der Waals surface area contributed by atoms with Crippen molar-refractivity contribution in [2.75, 3.05) is 6.61 Å². The first-order valence-electron chi connectivity index (χ1n) is 11.3. The highest BCUT2D eigenvalue weighted by Crippen LogP contribution is 2.35. The molecule has 0 aliphatic rings. The van der Waals surface area contributed by atoms with Crippen molar-refractivity contribution < 1.29 is 14.5 Å². The number of hydrogen-bond donors (Lipinski definition) is 0. The van der Waals surface area contributed by atoms with Crippen LogP contribution in [0.15, 0.2) is 17.7 Å². The molecule has 2 rings (SSSR count). The van der Waals surface area contributed by atoms with Crippen molar-refractivity contribution in [3.05, 3.63) is 55.8 Å². The Morgan fingerprint density at radius 1 is 1.09 bits per heavy atom. The summed E-state index contributed by atoms with van der Waals surface area (Å²) in [5.74, 6) is 0.277. The first kappa shape index (κ1) is 25.3. The van der Waals surface area contributed by atoms with Crippen molar-refractivity contribution in [2.24, 2.45) is 0 Å². The Morgan fingerprint density at radius 2 is 1.75 bits per heavy atom. The van der Waals surface area contributed by atoms with Crippen molar-refractivity contribution in [1.82, 2.24) is 9.78 Å². The molecule has 0 spiro atoms. The first-order valence-corrected chi connectivity index (χ1v) is 11.3. The minimum absolute atomic E-state index is 0.00697. The molecule has 7 heteroatoms. The lowest BCUT2D eigenvalue weighted by atomic mass is 9.90. The summed E-state index contributed by atoms with van der Waals surface area (Å²) in [4.78, 5) is 25.0. The lowest BCUT2D eigenvalue weighted by Gasteiger charge is -2.14. The van der Waals surface area contributed by atoms with E-state index in [0.717, 1.165) is 36.8 Å². The third kappa shape index (κ3) is 5.26. The number of unbranched alkanes of at least 4 members (excludes halogenated alkanes) is 2. The highest BCUT2D eigenvalue weighted by molar-refractivity contribution is 6.12. The Balaban J connectivity index is 2.66. The van der Waals surface area contributed by atoms with Gasteiger partial charge in [0.25, 0.3) is 5.69 Å². The van der Waals surface area contributed by atoms with Gasteiger partial charge in [0.2, 0.25) is 11.7 Å². The number of ether oxygens (including phenoxy) is 1. The summed E-state index contributed by atoms with van der Waals surface area (Å²) in [6.45, 7) is 14.6. The van der Waals surface area contributed by atoms with E-state index < -0.39 is 4.92 Å². The molecule has 0 unspecified atom stereocenters. The second-order valence-electron chi connectivity index (χ2n) is 8.39. The molecule has 0 radical (unpaired) electrons. The van der Waals surface area contributed by atoms with Gasteiger partial charge >= 0.3 is 0 Å². The van der Waals surface area contributed by atoms with E-state index in [-0.39, 0.29) is 11.5 Å². The minimum Gasteiger partial charge on any atom is -0.477 e. The van der Waals surface area contributed by atoms with E-state index in [1.54, 1.807) is 17.7 Å². The highest BCUT2D eigenvalue weighted by atomic mass is 16.6. The van der Waals surface area contributed by atoms with Gasteiger partial charge in [0, 0.05) is 18.2 Å². The number of rotatable bonds is 11. The molecule has 0 bridgehead atoms. The number of aryl methyl sites for hydroxylation is 2. The van der Waals surface area contributed by atoms with Crippen LogP contribution in [-0.4, -0.2) is 27.1 Å². The number of nitro benzene ring substituents is 1. The smallest absolute Gasteiger partial charge is 0.277 e. The summed E-state index contributed by atoms with van der Waals surface area (Å²) in [5.41, 5.74) is 4.36. The number of nitrogens with zero attached hydrogens (tertiary/aromatic N) is 3. The number of carbonyl (C=O) groups excluding carboxylic acids is 1. The molecule has 1 aromatic heterocycles. The van der Waals surface area contributed by atoms with E-state index in [2.05, 4.69) is 18.9 Å². The summed E-state index contributed by atoms with van der Waals surface area (Å²) in [7, 11) is 0. The average molecular weight is 442 g/mol. The SMILES string of the molecule is CCCCOc1c(C(=O)c2ccc([N+](=O)[O-])c(C(C)=C(C)C)c2C)c(C)nn1CCCC. The molecule has 0 N–H and O–H groups in total. The normalized spacial score (nSPS) is 10.8. The van der Waals surface area contributed by atoms with Gasteiger partial charge in [-0.3, -0.25) is 14.9 Å². The van der Waals surface area contributed by atoms with Gasteiger partial charge in [-0.25, -0.2) is 4.68 Å². The van der Waals surface area contributed by atoms with Crippen molar-refractivity contribution in [3.8, 4) is 5.88 Å². The maximum Gasteiger partial charge on any atom is 0.277 e. The standard InChI is InChI=1S/C25H35N3O4/c1-8-10-14-27-25(32-15-11-9-2)23(19(7)26-27)24(29)20-12-13-21(28(30)31)22(18(20)6)17(5)16(3)4/h12-13H,8-11,14-15H2,1-7H3. The van der Waals surface area contributed by atoms with Gasteiger partial charge in [0.1, 0.15) is 5.56 Å². The van der Waals surface area contributed by atoms with Crippen LogP contribution in [0.4, 0.5) is 5.69 Å². The molecule has 1 aromatic carbocycles. The number of nitro groups is 1. The lowest BCUT2D eigenvalue weighted by Crippen LogP contribution is -2.12. The third-order valence-corrected chi connectivity index (χ3v) is 5.78. The molecule has 32 heavy (non-hydrogen) atoms. The van der Waals surface area contributed by atoms with Crippen LogP contribution in [0.25, 0.3) is 5.57 Å². The van der Waals surface area contributed by atoms with Crippen LogP contribution in [0.2, 0.25) is 0 Å². The van der Waals surface area contributed by atoms with Gasteiger partial charge in [-0.15, -0.1) is 0 Å². The van der Waals surface area contributed by atoms with Crippen LogP contribution in [0.5, 0.6) is 5.88 Å². The van der Waals surface area contributed by atoms with Crippen molar-refractivity contribution in [3.63, 3.8) is 0 Å². The zero-order valence-corrected chi connectivity index (χ0v) is 20.4. The predicted octanol–water partition coefficient (Wildman–Crippen LogP) is 6.43. The number of benzene rings is 1. The van der Waals surface area contributed by atoms with E-state index in [9.17, 15) is 14.9 Å². The topological polar surface area (TPSA) is 87.3 Å². The van der Waals surface area contributed by atoms with E-state index in [1.807, 2.05) is 27.7 Å². The molecule has 7 nitrogen and oxygen atoms in total. The Labute approximate surface area is 190 Å². The number of allylic oxidation sites excluding steroid dienone is 2. The van der Waals surface area contributed by atoms with E-state index in [1.165, 1.54) is 6.07 Å². The Hall–Kier alpha value is -2.96. The Bertz CT molecular complexity index is 1030. The van der Waals surface area contributed by atoms with Crippen LogP contribution < -0.4 is 4.74 Å². The predicted molar refractivity (Wildman–Crippen MR) is 127 cm³/mol. The molecule has 174 valence electrons. The van der Waals surface area contributed by atoms with Crippen molar-refractivity contribution >= 4 is 17.0 Å². The van der Waals surface area contributed by atoms with Crippen LogP contribution >= 0.6 is 0 Å². The second kappa shape index (κ2) is 11.1. The number of aromatic nitrogens is 2. The number of carbonyl (C=O) groups is 1. The van der Waals surface area contributed by atoms with Crippen LogP contribution in [0, 0.1) is 24.0 Å². The summed E-state index contributed by atoms with van der Waals surface area (Å²) < 4.78 is 7.83. The van der Waals surface area contributed by atoms with Crippen LogP contribution in [-0.2, 0) is 6.54 Å². The minimum atomic E-state index is -0.393. The second-order valence-corrected chi connectivity index (χ2v) is 8.39. The van der Waals surface area contributed by atoms with Gasteiger partial charge < -0.3 is 4.74 Å². The summed E-state index contributed by atoms with van der Waals surface area (Å²) >= 11 is 0. The van der Waals surface area contributed by atoms with Gasteiger partial charge in [-0.2, -0.15) is 5.10 Å². The van der Waals surface area contributed by atoms with Crippen molar-refractivity contribution in [2.45, 2.75) is 80.7 Å². The van der Waals surface area contributed by atoms with Gasteiger partial charge in [0.15, 0.2) is 0 Å². The first-order chi connectivity index (χ1) is 15.1.